The Hall–Kier alpha value is -0.210. The van der Waals surface area contributed by atoms with Crippen LogP contribution in [-0.2, 0) is 14.8 Å². The van der Waals surface area contributed by atoms with E-state index in [4.69, 9.17) is 4.74 Å². The van der Waals surface area contributed by atoms with Crippen molar-refractivity contribution in [1.82, 2.24) is 14.5 Å². The van der Waals surface area contributed by atoms with Crippen molar-refractivity contribution in [2.75, 3.05) is 64.8 Å². The van der Waals surface area contributed by atoms with Crippen LogP contribution in [0.4, 0.5) is 0 Å². The predicted octanol–water partition coefficient (Wildman–Crippen LogP) is -1.06. The zero-order chi connectivity index (χ0) is 12.8. The van der Waals surface area contributed by atoms with E-state index in [1.807, 2.05) is 0 Å². The predicted molar refractivity (Wildman–Crippen MR) is 70.1 cm³/mol. The summed E-state index contributed by atoms with van der Waals surface area (Å²) in [4.78, 5) is 2.27. The van der Waals surface area contributed by atoms with E-state index in [1.54, 1.807) is 4.31 Å². The minimum Gasteiger partial charge on any atom is -0.379 e. The SMILES string of the molecule is O=S(=O)(CCCN1CCOCC1)N1CCNCC1. The van der Waals surface area contributed by atoms with E-state index < -0.39 is 10.0 Å². The highest BCUT2D eigenvalue weighted by molar-refractivity contribution is 7.89. The van der Waals surface area contributed by atoms with Gasteiger partial charge in [-0.05, 0) is 13.0 Å². The van der Waals surface area contributed by atoms with E-state index in [0.717, 1.165) is 45.9 Å². The van der Waals surface area contributed by atoms with E-state index in [2.05, 4.69) is 10.2 Å². The Kier molecular flexibility index (Phi) is 5.38. The molecule has 2 aliphatic heterocycles. The van der Waals surface area contributed by atoms with Crippen molar-refractivity contribution in [2.45, 2.75) is 6.42 Å². The molecule has 2 rings (SSSR count). The molecule has 18 heavy (non-hydrogen) atoms. The summed E-state index contributed by atoms with van der Waals surface area (Å²) in [5.41, 5.74) is 0. The summed E-state index contributed by atoms with van der Waals surface area (Å²) in [6.07, 6.45) is 0.715. The van der Waals surface area contributed by atoms with E-state index in [1.165, 1.54) is 0 Å². The molecule has 106 valence electrons. The van der Waals surface area contributed by atoms with Crippen molar-refractivity contribution in [2.24, 2.45) is 0 Å². The lowest BCUT2D eigenvalue weighted by Crippen LogP contribution is -2.47. The van der Waals surface area contributed by atoms with Crippen molar-refractivity contribution < 1.29 is 13.2 Å². The number of hydrogen-bond acceptors (Lipinski definition) is 5. The smallest absolute Gasteiger partial charge is 0.214 e. The highest BCUT2D eigenvalue weighted by Crippen LogP contribution is 2.06. The van der Waals surface area contributed by atoms with Gasteiger partial charge in [0.25, 0.3) is 0 Å². The van der Waals surface area contributed by atoms with Gasteiger partial charge in [0.1, 0.15) is 0 Å². The molecule has 0 spiro atoms. The molecule has 2 aliphatic rings. The normalized spacial score (nSPS) is 24.2. The van der Waals surface area contributed by atoms with Crippen LogP contribution in [0, 0.1) is 0 Å². The third-order valence-electron chi connectivity index (χ3n) is 3.45. The summed E-state index contributed by atoms with van der Waals surface area (Å²) < 4.78 is 31.0. The molecule has 0 bridgehead atoms. The summed E-state index contributed by atoms with van der Waals surface area (Å²) >= 11 is 0. The van der Waals surface area contributed by atoms with Crippen LogP contribution in [0.5, 0.6) is 0 Å². The van der Waals surface area contributed by atoms with Crippen molar-refractivity contribution in [3.8, 4) is 0 Å². The molecule has 6 nitrogen and oxygen atoms in total. The fourth-order valence-electron chi connectivity index (χ4n) is 2.35. The Labute approximate surface area is 109 Å². The highest BCUT2D eigenvalue weighted by Gasteiger charge is 2.23. The Morgan fingerprint density at radius 1 is 1.06 bits per heavy atom. The average molecular weight is 277 g/mol. The fraction of sp³-hybridized carbons (Fsp3) is 1.00. The first kappa shape index (κ1) is 14.2. The van der Waals surface area contributed by atoms with Gasteiger partial charge >= 0.3 is 0 Å². The molecule has 0 aromatic heterocycles. The van der Waals surface area contributed by atoms with Crippen molar-refractivity contribution in [3.63, 3.8) is 0 Å². The molecular weight excluding hydrogens is 254 g/mol. The van der Waals surface area contributed by atoms with Crippen molar-refractivity contribution in [3.05, 3.63) is 0 Å². The quantitative estimate of drug-likeness (QED) is 0.694. The number of ether oxygens (including phenoxy) is 1. The molecule has 0 atom stereocenters. The first-order valence-corrected chi connectivity index (χ1v) is 8.28. The first-order chi connectivity index (χ1) is 8.68. The Balaban J connectivity index is 1.70. The Bertz CT molecular complexity index is 335. The van der Waals surface area contributed by atoms with Crippen LogP contribution < -0.4 is 5.32 Å². The summed E-state index contributed by atoms with van der Waals surface area (Å²) in [7, 11) is -3.05. The molecule has 2 saturated heterocycles. The molecule has 0 radical (unpaired) electrons. The van der Waals surface area contributed by atoms with Gasteiger partial charge in [-0.2, -0.15) is 4.31 Å². The molecule has 0 aromatic rings. The summed E-state index contributed by atoms with van der Waals surface area (Å²) in [5, 5.41) is 3.17. The minimum absolute atomic E-state index is 0.268. The van der Waals surface area contributed by atoms with Gasteiger partial charge in [0.15, 0.2) is 0 Å². The van der Waals surface area contributed by atoms with Gasteiger partial charge in [0, 0.05) is 39.3 Å². The number of piperazine rings is 1. The molecule has 2 heterocycles. The summed E-state index contributed by atoms with van der Waals surface area (Å²) in [6, 6.07) is 0. The number of nitrogens with zero attached hydrogens (tertiary/aromatic N) is 2. The van der Waals surface area contributed by atoms with Gasteiger partial charge < -0.3 is 10.1 Å². The Morgan fingerprint density at radius 3 is 2.39 bits per heavy atom. The maximum Gasteiger partial charge on any atom is 0.214 e. The fourth-order valence-corrected chi connectivity index (χ4v) is 3.84. The minimum atomic E-state index is -3.05. The second-order valence-electron chi connectivity index (χ2n) is 4.77. The van der Waals surface area contributed by atoms with Crippen molar-refractivity contribution >= 4 is 10.0 Å². The lowest BCUT2D eigenvalue weighted by molar-refractivity contribution is 0.0380. The topological polar surface area (TPSA) is 61.9 Å². The molecule has 0 aromatic carbocycles. The lowest BCUT2D eigenvalue weighted by atomic mass is 10.4. The van der Waals surface area contributed by atoms with Crippen LogP contribution in [-0.4, -0.2) is 82.4 Å². The largest absolute Gasteiger partial charge is 0.379 e. The maximum absolute atomic E-state index is 12.1. The lowest BCUT2D eigenvalue weighted by Gasteiger charge is -2.28. The number of sulfonamides is 1. The van der Waals surface area contributed by atoms with Crippen LogP contribution in [0.3, 0.4) is 0 Å². The van der Waals surface area contributed by atoms with E-state index in [0.29, 0.717) is 19.5 Å². The zero-order valence-electron chi connectivity index (χ0n) is 10.8. The van der Waals surface area contributed by atoms with Gasteiger partial charge in [-0.15, -0.1) is 0 Å². The molecule has 0 unspecified atom stereocenters. The summed E-state index contributed by atoms with van der Waals surface area (Å²) in [5.74, 6) is 0.268. The van der Waals surface area contributed by atoms with Crippen LogP contribution in [0.25, 0.3) is 0 Å². The number of nitrogens with one attached hydrogen (secondary N) is 1. The zero-order valence-corrected chi connectivity index (χ0v) is 11.6. The van der Waals surface area contributed by atoms with Crippen LogP contribution >= 0.6 is 0 Å². The van der Waals surface area contributed by atoms with Crippen LogP contribution in [0.15, 0.2) is 0 Å². The molecule has 0 amide bonds. The molecule has 7 heteroatoms. The molecule has 2 fully saturated rings. The molecule has 1 N–H and O–H groups in total. The molecule has 0 aliphatic carbocycles. The second kappa shape index (κ2) is 6.81. The van der Waals surface area contributed by atoms with Crippen LogP contribution in [0.2, 0.25) is 0 Å². The number of hydrogen-bond donors (Lipinski definition) is 1. The highest BCUT2D eigenvalue weighted by atomic mass is 32.2. The van der Waals surface area contributed by atoms with Gasteiger partial charge in [0.2, 0.25) is 10.0 Å². The molecule has 0 saturated carbocycles. The number of rotatable bonds is 5. The van der Waals surface area contributed by atoms with Gasteiger partial charge in [0.05, 0.1) is 19.0 Å². The van der Waals surface area contributed by atoms with Crippen molar-refractivity contribution in [1.29, 1.82) is 0 Å². The van der Waals surface area contributed by atoms with E-state index in [9.17, 15) is 8.42 Å². The average Bonchev–Trinajstić information content (AvgIpc) is 2.41. The van der Waals surface area contributed by atoms with Gasteiger partial charge in [-0.25, -0.2) is 8.42 Å². The van der Waals surface area contributed by atoms with Crippen LogP contribution in [0.1, 0.15) is 6.42 Å². The van der Waals surface area contributed by atoms with Gasteiger partial charge in [-0.1, -0.05) is 0 Å². The Morgan fingerprint density at radius 2 is 1.72 bits per heavy atom. The van der Waals surface area contributed by atoms with E-state index >= 15 is 0 Å². The number of morpholine rings is 1. The summed E-state index contributed by atoms with van der Waals surface area (Å²) in [6.45, 7) is 7.00. The maximum atomic E-state index is 12.1. The molecular formula is C11H23N3O3S. The monoisotopic (exact) mass is 277 g/mol. The van der Waals surface area contributed by atoms with E-state index in [-0.39, 0.29) is 5.75 Å². The van der Waals surface area contributed by atoms with Gasteiger partial charge in [-0.3, -0.25) is 4.90 Å². The standard InChI is InChI=1S/C11H23N3O3S/c15-18(16,14-5-2-12-3-6-14)11-1-4-13-7-9-17-10-8-13/h12H,1-11H2. The second-order valence-corrected chi connectivity index (χ2v) is 6.86. The first-order valence-electron chi connectivity index (χ1n) is 6.67. The third kappa shape index (κ3) is 4.17. The third-order valence-corrected chi connectivity index (χ3v) is 5.41.